The SMILES string of the molecule is O=C(O)CCc1c[nH]c2ccccc12.O=C(O)CCc1c[nH]c2ccccc12. The predicted molar refractivity (Wildman–Crippen MR) is 109 cm³/mol. The van der Waals surface area contributed by atoms with Crippen LogP contribution in [0.15, 0.2) is 60.9 Å². The highest BCUT2D eigenvalue weighted by molar-refractivity contribution is 5.84. The third-order valence-electron chi connectivity index (χ3n) is 4.57. The third kappa shape index (κ3) is 4.79. The van der Waals surface area contributed by atoms with E-state index in [1.54, 1.807) is 0 Å². The number of nitrogens with one attached hydrogen (secondary N) is 2. The second kappa shape index (κ2) is 8.90. The number of benzene rings is 2. The number of hydrogen-bond acceptors (Lipinski definition) is 2. The van der Waals surface area contributed by atoms with Crippen molar-refractivity contribution < 1.29 is 19.8 Å². The molecule has 0 unspecified atom stereocenters. The van der Waals surface area contributed by atoms with E-state index in [1.807, 2.05) is 60.9 Å². The number of carboxylic acid groups (broad SMARTS) is 2. The van der Waals surface area contributed by atoms with Gasteiger partial charge in [0, 0.05) is 47.0 Å². The van der Waals surface area contributed by atoms with E-state index in [2.05, 4.69) is 9.97 Å². The minimum atomic E-state index is -0.754. The normalized spacial score (nSPS) is 10.6. The van der Waals surface area contributed by atoms with E-state index in [9.17, 15) is 9.59 Å². The van der Waals surface area contributed by atoms with Gasteiger partial charge in [-0.3, -0.25) is 9.59 Å². The zero-order valence-corrected chi connectivity index (χ0v) is 15.3. The van der Waals surface area contributed by atoms with Crippen LogP contribution in [0.4, 0.5) is 0 Å². The number of rotatable bonds is 6. The molecule has 4 rings (SSSR count). The van der Waals surface area contributed by atoms with Gasteiger partial charge in [-0.1, -0.05) is 36.4 Å². The van der Waals surface area contributed by atoms with Crippen LogP contribution in [0.5, 0.6) is 0 Å². The molecular weight excluding hydrogens is 356 g/mol. The second-order valence-corrected chi connectivity index (χ2v) is 6.51. The van der Waals surface area contributed by atoms with Crippen LogP contribution >= 0.6 is 0 Å². The zero-order chi connectivity index (χ0) is 19.9. The van der Waals surface area contributed by atoms with Gasteiger partial charge in [-0.2, -0.15) is 0 Å². The first kappa shape index (κ1) is 19.2. The quantitative estimate of drug-likeness (QED) is 0.400. The van der Waals surface area contributed by atoms with Crippen molar-refractivity contribution in [3.8, 4) is 0 Å². The van der Waals surface area contributed by atoms with Gasteiger partial charge >= 0.3 is 11.9 Å². The van der Waals surface area contributed by atoms with Crippen molar-refractivity contribution in [3.63, 3.8) is 0 Å². The molecule has 144 valence electrons. The Bertz CT molecular complexity index is 1010. The fourth-order valence-corrected chi connectivity index (χ4v) is 3.16. The highest BCUT2D eigenvalue weighted by Gasteiger charge is 2.05. The number of para-hydroxylation sites is 2. The number of hydrogen-bond donors (Lipinski definition) is 4. The average Bonchev–Trinajstić information content (AvgIpc) is 3.29. The van der Waals surface area contributed by atoms with Crippen LogP contribution in [-0.4, -0.2) is 32.1 Å². The molecule has 0 aliphatic rings. The molecular formula is C22H22N2O4. The Morgan fingerprint density at radius 3 is 1.46 bits per heavy atom. The molecule has 2 aromatic heterocycles. The van der Waals surface area contributed by atoms with Gasteiger partial charge in [-0.05, 0) is 36.1 Å². The first-order valence-corrected chi connectivity index (χ1v) is 9.08. The van der Waals surface area contributed by atoms with E-state index >= 15 is 0 Å². The maximum atomic E-state index is 10.4. The molecule has 0 saturated carbocycles. The third-order valence-corrected chi connectivity index (χ3v) is 4.57. The molecule has 2 heterocycles. The molecule has 6 heteroatoms. The van der Waals surface area contributed by atoms with Crippen LogP contribution in [0.25, 0.3) is 21.8 Å². The van der Waals surface area contributed by atoms with E-state index < -0.39 is 11.9 Å². The van der Waals surface area contributed by atoms with E-state index in [-0.39, 0.29) is 12.8 Å². The molecule has 0 radical (unpaired) electrons. The number of aryl methyl sites for hydroxylation is 2. The molecule has 0 saturated heterocycles. The topological polar surface area (TPSA) is 106 Å². The number of carbonyl (C=O) groups is 2. The fourth-order valence-electron chi connectivity index (χ4n) is 3.16. The molecule has 28 heavy (non-hydrogen) atoms. The number of aromatic amines is 2. The molecule has 4 aromatic rings. The van der Waals surface area contributed by atoms with Crippen LogP contribution in [-0.2, 0) is 22.4 Å². The minimum absolute atomic E-state index is 0.182. The average molecular weight is 378 g/mol. The molecule has 2 aromatic carbocycles. The van der Waals surface area contributed by atoms with Crippen molar-refractivity contribution in [1.29, 1.82) is 0 Å². The first-order valence-electron chi connectivity index (χ1n) is 9.08. The van der Waals surface area contributed by atoms with Gasteiger partial charge in [-0.25, -0.2) is 0 Å². The first-order chi connectivity index (χ1) is 13.5. The van der Waals surface area contributed by atoms with Crippen LogP contribution in [0.1, 0.15) is 24.0 Å². The lowest BCUT2D eigenvalue weighted by atomic mass is 10.1. The maximum absolute atomic E-state index is 10.4. The number of H-pyrrole nitrogens is 2. The molecule has 6 nitrogen and oxygen atoms in total. The van der Waals surface area contributed by atoms with Crippen molar-refractivity contribution >= 4 is 33.7 Å². The number of fused-ring (bicyclic) bond motifs is 2. The summed E-state index contributed by atoms with van der Waals surface area (Å²) in [5.74, 6) is -1.51. The van der Waals surface area contributed by atoms with Crippen molar-refractivity contribution in [1.82, 2.24) is 9.97 Å². The van der Waals surface area contributed by atoms with Crippen molar-refractivity contribution in [2.75, 3.05) is 0 Å². The Labute approximate surface area is 161 Å². The Hall–Kier alpha value is -3.54. The Morgan fingerprint density at radius 1 is 0.679 bits per heavy atom. The maximum Gasteiger partial charge on any atom is 0.303 e. The Kier molecular flexibility index (Phi) is 6.11. The molecule has 0 atom stereocenters. The second-order valence-electron chi connectivity index (χ2n) is 6.51. The summed E-state index contributed by atoms with van der Waals surface area (Å²) in [7, 11) is 0. The summed E-state index contributed by atoms with van der Waals surface area (Å²) in [6.45, 7) is 0. The summed E-state index contributed by atoms with van der Waals surface area (Å²) in [6.07, 6.45) is 5.30. The number of aromatic nitrogens is 2. The molecule has 0 bridgehead atoms. The fraction of sp³-hybridized carbons (Fsp3) is 0.182. The van der Waals surface area contributed by atoms with E-state index in [1.165, 1.54) is 0 Å². The molecule has 4 N–H and O–H groups in total. The minimum Gasteiger partial charge on any atom is -0.481 e. The summed E-state index contributed by atoms with van der Waals surface area (Å²) in [5, 5.41) is 19.4. The van der Waals surface area contributed by atoms with Gasteiger partial charge in [0.25, 0.3) is 0 Å². The predicted octanol–water partition coefficient (Wildman–Crippen LogP) is 4.37. The van der Waals surface area contributed by atoms with Gasteiger partial charge in [-0.15, -0.1) is 0 Å². The molecule has 0 fully saturated rings. The van der Waals surface area contributed by atoms with Crippen LogP contribution < -0.4 is 0 Å². The Balaban J connectivity index is 0.000000161. The largest absolute Gasteiger partial charge is 0.481 e. The molecule has 0 aliphatic carbocycles. The van der Waals surface area contributed by atoms with Crippen LogP contribution in [0.2, 0.25) is 0 Å². The lowest BCUT2D eigenvalue weighted by molar-refractivity contribution is -0.138. The zero-order valence-electron chi connectivity index (χ0n) is 15.3. The van der Waals surface area contributed by atoms with Gasteiger partial charge in [0.1, 0.15) is 0 Å². The monoisotopic (exact) mass is 378 g/mol. The van der Waals surface area contributed by atoms with Crippen molar-refractivity contribution in [2.24, 2.45) is 0 Å². The molecule has 0 aliphatic heterocycles. The smallest absolute Gasteiger partial charge is 0.303 e. The van der Waals surface area contributed by atoms with Gasteiger partial charge in [0.05, 0.1) is 0 Å². The summed E-state index contributed by atoms with van der Waals surface area (Å²) in [6, 6.07) is 15.8. The van der Waals surface area contributed by atoms with Gasteiger partial charge in [0.15, 0.2) is 0 Å². The van der Waals surface area contributed by atoms with Crippen molar-refractivity contribution in [3.05, 3.63) is 72.1 Å². The standard InChI is InChI=1S/2C11H11NO2/c2*13-11(14)6-5-8-7-12-10-4-2-1-3-9(8)10/h2*1-4,7,12H,5-6H2,(H,13,14). The van der Waals surface area contributed by atoms with Crippen LogP contribution in [0, 0.1) is 0 Å². The number of carboxylic acids is 2. The molecule has 0 amide bonds. The summed E-state index contributed by atoms with van der Waals surface area (Å²) >= 11 is 0. The van der Waals surface area contributed by atoms with Crippen LogP contribution in [0.3, 0.4) is 0 Å². The van der Waals surface area contributed by atoms with E-state index in [0.717, 1.165) is 32.9 Å². The highest BCUT2D eigenvalue weighted by Crippen LogP contribution is 2.19. The van der Waals surface area contributed by atoms with Gasteiger partial charge < -0.3 is 20.2 Å². The lowest BCUT2D eigenvalue weighted by Gasteiger charge is -1.95. The van der Waals surface area contributed by atoms with E-state index in [4.69, 9.17) is 10.2 Å². The summed E-state index contributed by atoms with van der Waals surface area (Å²) < 4.78 is 0. The molecule has 0 spiro atoms. The Morgan fingerprint density at radius 2 is 1.07 bits per heavy atom. The van der Waals surface area contributed by atoms with Crippen molar-refractivity contribution in [2.45, 2.75) is 25.7 Å². The summed E-state index contributed by atoms with van der Waals surface area (Å²) in [4.78, 5) is 27.1. The van der Waals surface area contributed by atoms with Gasteiger partial charge in [0.2, 0.25) is 0 Å². The highest BCUT2D eigenvalue weighted by atomic mass is 16.4. The lowest BCUT2D eigenvalue weighted by Crippen LogP contribution is -1.96. The number of aliphatic carboxylic acids is 2. The summed E-state index contributed by atoms with van der Waals surface area (Å²) in [5.41, 5.74) is 4.27. The van der Waals surface area contributed by atoms with E-state index in [0.29, 0.717) is 12.8 Å².